The predicted octanol–water partition coefficient (Wildman–Crippen LogP) is 2.17. The molecule has 0 aromatic heterocycles. The molecule has 2 heteroatoms. The summed E-state index contributed by atoms with van der Waals surface area (Å²) in [6, 6.07) is 0. The Hall–Kier alpha value is -0.0800. The average molecular weight is 199 g/mol. The summed E-state index contributed by atoms with van der Waals surface area (Å²) in [6.45, 7) is 9.27. The molecule has 1 fully saturated rings. The van der Waals surface area contributed by atoms with E-state index in [4.69, 9.17) is 5.11 Å². The predicted molar refractivity (Wildman–Crippen MR) is 60.3 cm³/mol. The van der Waals surface area contributed by atoms with E-state index in [1.807, 2.05) is 0 Å². The molecule has 1 aliphatic rings. The molecule has 1 rings (SSSR count). The smallest absolute Gasteiger partial charge is 0.0499 e. The Morgan fingerprint density at radius 3 is 2.43 bits per heavy atom. The van der Waals surface area contributed by atoms with Crippen LogP contribution in [0.25, 0.3) is 0 Å². The lowest BCUT2D eigenvalue weighted by atomic mass is 9.88. The van der Waals surface area contributed by atoms with Gasteiger partial charge in [-0.25, -0.2) is 0 Å². The number of nitrogens with one attached hydrogen (secondary N) is 1. The maximum atomic E-state index is 9.15. The molecule has 14 heavy (non-hydrogen) atoms. The van der Waals surface area contributed by atoms with Crippen molar-refractivity contribution in [3.05, 3.63) is 0 Å². The highest BCUT2D eigenvalue weighted by Crippen LogP contribution is 2.44. The van der Waals surface area contributed by atoms with Gasteiger partial charge < -0.3 is 10.4 Å². The minimum atomic E-state index is 0.252. The molecule has 0 aromatic carbocycles. The van der Waals surface area contributed by atoms with E-state index in [2.05, 4.69) is 26.1 Å². The van der Waals surface area contributed by atoms with Crippen LogP contribution < -0.4 is 5.32 Å². The summed E-state index contributed by atoms with van der Waals surface area (Å²) in [5.41, 5.74) is 0.655. The summed E-state index contributed by atoms with van der Waals surface area (Å²) >= 11 is 0. The van der Waals surface area contributed by atoms with Crippen LogP contribution in [0.4, 0.5) is 0 Å². The summed E-state index contributed by atoms with van der Waals surface area (Å²) in [4.78, 5) is 0. The zero-order chi connectivity index (χ0) is 10.7. The average Bonchev–Trinajstić information content (AvgIpc) is 2.85. The Morgan fingerprint density at radius 1 is 1.36 bits per heavy atom. The second-order valence-electron chi connectivity index (χ2n) is 5.68. The van der Waals surface area contributed by atoms with Crippen molar-refractivity contribution >= 4 is 0 Å². The van der Waals surface area contributed by atoms with Crippen molar-refractivity contribution in [1.29, 1.82) is 0 Å². The Morgan fingerprint density at radius 2 is 2.00 bits per heavy atom. The normalized spacial score (nSPS) is 19.7. The van der Waals surface area contributed by atoms with Gasteiger partial charge in [-0.15, -0.1) is 0 Å². The van der Waals surface area contributed by atoms with Crippen molar-refractivity contribution in [3.8, 4) is 0 Å². The minimum Gasteiger partial charge on any atom is -0.396 e. The van der Waals surface area contributed by atoms with E-state index in [0.29, 0.717) is 12.0 Å². The second kappa shape index (κ2) is 4.63. The molecule has 0 heterocycles. The molecule has 0 unspecified atom stereocenters. The van der Waals surface area contributed by atoms with Gasteiger partial charge in [0.05, 0.1) is 0 Å². The van der Waals surface area contributed by atoms with Crippen LogP contribution in [0.15, 0.2) is 0 Å². The van der Waals surface area contributed by atoms with E-state index < -0.39 is 0 Å². The van der Waals surface area contributed by atoms with Gasteiger partial charge in [0.15, 0.2) is 0 Å². The molecule has 0 spiro atoms. The second-order valence-corrected chi connectivity index (χ2v) is 5.68. The van der Waals surface area contributed by atoms with Gasteiger partial charge in [0.2, 0.25) is 0 Å². The number of hydrogen-bond donors (Lipinski definition) is 2. The molecular formula is C12H25NO. The molecule has 0 bridgehead atoms. The molecule has 2 nitrogen and oxygen atoms in total. The van der Waals surface area contributed by atoms with Gasteiger partial charge in [-0.2, -0.15) is 0 Å². The maximum Gasteiger partial charge on any atom is 0.0499 e. The first-order valence-corrected chi connectivity index (χ1v) is 5.85. The zero-order valence-electron chi connectivity index (χ0n) is 9.90. The Balaban J connectivity index is 2.14. The Kier molecular flexibility index (Phi) is 3.96. The van der Waals surface area contributed by atoms with Crippen molar-refractivity contribution < 1.29 is 5.11 Å². The van der Waals surface area contributed by atoms with Crippen LogP contribution in [0.3, 0.4) is 0 Å². The molecule has 2 N–H and O–H groups in total. The molecule has 1 saturated carbocycles. The molecule has 0 radical (unpaired) electrons. The van der Waals surface area contributed by atoms with Crippen LogP contribution in [-0.4, -0.2) is 24.8 Å². The van der Waals surface area contributed by atoms with Crippen LogP contribution in [0, 0.1) is 10.8 Å². The van der Waals surface area contributed by atoms with E-state index >= 15 is 0 Å². The highest BCUT2D eigenvalue weighted by Gasteiger charge is 2.41. The molecule has 1 aliphatic carbocycles. The zero-order valence-corrected chi connectivity index (χ0v) is 9.90. The van der Waals surface area contributed by atoms with Gasteiger partial charge in [-0.05, 0) is 24.7 Å². The van der Waals surface area contributed by atoms with Crippen molar-refractivity contribution in [3.63, 3.8) is 0 Å². The highest BCUT2D eigenvalue weighted by atomic mass is 16.3. The van der Waals surface area contributed by atoms with Crippen molar-refractivity contribution in [2.75, 3.05) is 19.7 Å². The van der Waals surface area contributed by atoms with Crippen molar-refractivity contribution in [1.82, 2.24) is 5.32 Å². The van der Waals surface area contributed by atoms with Gasteiger partial charge in [0.1, 0.15) is 0 Å². The lowest BCUT2D eigenvalue weighted by Gasteiger charge is -2.25. The Bertz CT molecular complexity index is 173. The van der Waals surface area contributed by atoms with E-state index in [1.165, 1.54) is 25.7 Å². The third kappa shape index (κ3) is 3.58. The number of aliphatic hydroxyl groups excluding tert-OH is 1. The highest BCUT2D eigenvalue weighted by molar-refractivity contribution is 4.94. The standard InChI is InChI=1S/C12H25NO/c1-4-5-11(2,3)8-13-9-12(10-14)6-7-12/h13-14H,4-10H2,1-3H3. The summed E-state index contributed by atoms with van der Waals surface area (Å²) in [6.07, 6.45) is 4.92. The third-order valence-electron chi connectivity index (χ3n) is 3.32. The fourth-order valence-corrected chi connectivity index (χ4v) is 2.00. The summed E-state index contributed by atoms with van der Waals surface area (Å²) < 4.78 is 0. The largest absolute Gasteiger partial charge is 0.396 e. The van der Waals surface area contributed by atoms with Gasteiger partial charge in [-0.1, -0.05) is 27.2 Å². The van der Waals surface area contributed by atoms with E-state index in [0.717, 1.165) is 13.1 Å². The molecule has 0 amide bonds. The first-order valence-electron chi connectivity index (χ1n) is 5.85. The minimum absolute atomic E-state index is 0.252. The number of aliphatic hydroxyl groups is 1. The van der Waals surface area contributed by atoms with Crippen LogP contribution in [-0.2, 0) is 0 Å². The van der Waals surface area contributed by atoms with Gasteiger partial charge in [0, 0.05) is 25.1 Å². The summed E-state index contributed by atoms with van der Waals surface area (Å²) in [5, 5.41) is 12.7. The van der Waals surface area contributed by atoms with Gasteiger partial charge >= 0.3 is 0 Å². The first kappa shape index (κ1) is 12.0. The lowest BCUT2D eigenvalue weighted by Crippen LogP contribution is -2.34. The molecule has 84 valence electrons. The molecule has 0 aliphatic heterocycles. The molecule has 0 atom stereocenters. The van der Waals surface area contributed by atoms with Crippen LogP contribution >= 0.6 is 0 Å². The summed E-state index contributed by atoms with van der Waals surface area (Å²) in [7, 11) is 0. The third-order valence-corrected chi connectivity index (χ3v) is 3.32. The topological polar surface area (TPSA) is 32.3 Å². The van der Waals surface area contributed by atoms with E-state index in [1.54, 1.807) is 0 Å². The number of rotatable bonds is 7. The lowest BCUT2D eigenvalue weighted by molar-refractivity contribution is 0.200. The van der Waals surface area contributed by atoms with E-state index in [-0.39, 0.29) is 5.41 Å². The molecule has 0 aromatic rings. The van der Waals surface area contributed by atoms with Gasteiger partial charge in [0.25, 0.3) is 0 Å². The number of hydrogen-bond acceptors (Lipinski definition) is 2. The summed E-state index contributed by atoms with van der Waals surface area (Å²) in [5.74, 6) is 0. The quantitative estimate of drug-likeness (QED) is 0.658. The van der Waals surface area contributed by atoms with E-state index in [9.17, 15) is 0 Å². The van der Waals surface area contributed by atoms with Gasteiger partial charge in [-0.3, -0.25) is 0 Å². The SMILES string of the molecule is CCCC(C)(C)CNCC1(CO)CC1. The Labute approximate surface area is 88.1 Å². The van der Waals surface area contributed by atoms with Crippen molar-refractivity contribution in [2.45, 2.75) is 46.5 Å². The fraction of sp³-hybridized carbons (Fsp3) is 1.00. The van der Waals surface area contributed by atoms with Crippen LogP contribution in [0.2, 0.25) is 0 Å². The van der Waals surface area contributed by atoms with Crippen LogP contribution in [0.5, 0.6) is 0 Å². The fourth-order valence-electron chi connectivity index (χ4n) is 2.00. The molecular weight excluding hydrogens is 174 g/mol. The monoisotopic (exact) mass is 199 g/mol. The van der Waals surface area contributed by atoms with Crippen LogP contribution in [0.1, 0.15) is 46.5 Å². The molecule has 0 saturated heterocycles. The van der Waals surface area contributed by atoms with Crippen molar-refractivity contribution in [2.24, 2.45) is 10.8 Å². The maximum absolute atomic E-state index is 9.15. The first-order chi connectivity index (χ1) is 6.54.